The quantitative estimate of drug-likeness (QED) is 0.672. The minimum absolute atomic E-state index is 0.0444. The number of ether oxygens (including phenoxy) is 1. The Labute approximate surface area is 102 Å². The molecule has 0 unspecified atom stereocenters. The lowest BCUT2D eigenvalue weighted by Gasteiger charge is -2.36. The number of hydrogen-bond donors (Lipinski definition) is 0. The van der Waals surface area contributed by atoms with Gasteiger partial charge in [0, 0.05) is 19.0 Å². The van der Waals surface area contributed by atoms with Crippen LogP contribution in [0, 0.1) is 11.8 Å². The minimum Gasteiger partial charge on any atom is -0.469 e. The summed E-state index contributed by atoms with van der Waals surface area (Å²) in [4.78, 5) is 24.2. The summed E-state index contributed by atoms with van der Waals surface area (Å²) < 4.78 is 42.8. The van der Waals surface area contributed by atoms with Crippen LogP contribution < -0.4 is 0 Å². The first-order valence-electron chi connectivity index (χ1n) is 5.78. The summed E-state index contributed by atoms with van der Waals surface area (Å²) in [7, 11) is 1.23. The molecule has 1 amide bonds. The van der Waals surface area contributed by atoms with E-state index in [4.69, 9.17) is 0 Å². The number of hydrogen-bond acceptors (Lipinski definition) is 3. The molecule has 0 spiro atoms. The van der Waals surface area contributed by atoms with Crippen molar-refractivity contribution in [3.8, 4) is 0 Å². The number of piperidine rings is 1. The number of rotatable bonds is 1. The minimum atomic E-state index is -4.35. The zero-order valence-corrected chi connectivity index (χ0v) is 9.87. The highest BCUT2D eigenvalue weighted by Gasteiger charge is 2.55. The first-order chi connectivity index (χ1) is 8.34. The average molecular weight is 265 g/mol. The molecule has 0 radical (unpaired) electrons. The molecule has 4 nitrogen and oxygen atoms in total. The van der Waals surface area contributed by atoms with Crippen molar-refractivity contribution in [3.63, 3.8) is 0 Å². The largest absolute Gasteiger partial charge is 0.469 e. The second-order valence-corrected chi connectivity index (χ2v) is 4.76. The number of esters is 1. The maximum absolute atomic E-state index is 12.8. The van der Waals surface area contributed by atoms with Crippen LogP contribution in [0.2, 0.25) is 0 Å². The lowest BCUT2D eigenvalue weighted by molar-refractivity contribution is -0.183. The number of carbonyl (C=O) groups is 2. The van der Waals surface area contributed by atoms with Crippen molar-refractivity contribution in [2.75, 3.05) is 13.7 Å². The molecule has 2 aliphatic heterocycles. The van der Waals surface area contributed by atoms with Crippen LogP contribution in [0.25, 0.3) is 0 Å². The molecule has 0 aliphatic carbocycles. The Bertz CT molecular complexity index is 369. The first kappa shape index (κ1) is 13.2. The lowest BCUT2D eigenvalue weighted by Crippen LogP contribution is -2.47. The fourth-order valence-corrected chi connectivity index (χ4v) is 2.83. The van der Waals surface area contributed by atoms with E-state index in [1.807, 2.05) is 0 Å². The van der Waals surface area contributed by atoms with Crippen molar-refractivity contribution in [3.05, 3.63) is 0 Å². The lowest BCUT2D eigenvalue weighted by atomic mass is 9.88. The van der Waals surface area contributed by atoms with Gasteiger partial charge in [-0.15, -0.1) is 0 Å². The van der Waals surface area contributed by atoms with Gasteiger partial charge in [-0.3, -0.25) is 9.59 Å². The van der Waals surface area contributed by atoms with E-state index in [1.54, 1.807) is 0 Å². The number of carbonyl (C=O) groups excluding carboxylic acids is 2. The molecule has 0 bridgehead atoms. The molecule has 0 aromatic carbocycles. The van der Waals surface area contributed by atoms with Crippen molar-refractivity contribution in [2.45, 2.75) is 31.5 Å². The maximum atomic E-state index is 12.8. The molecular weight excluding hydrogens is 251 g/mol. The summed E-state index contributed by atoms with van der Waals surface area (Å²) in [6.07, 6.45) is -4.31. The fraction of sp³-hybridized carbons (Fsp3) is 0.818. The van der Waals surface area contributed by atoms with Gasteiger partial charge in [-0.25, -0.2) is 0 Å². The highest BCUT2D eigenvalue weighted by Crippen LogP contribution is 2.43. The maximum Gasteiger partial charge on any atom is 0.394 e. The van der Waals surface area contributed by atoms with Gasteiger partial charge < -0.3 is 9.64 Å². The standard InChI is InChI=1S/C11H14F3NO3/c1-18-10(17)6-2-3-8-7(11(12,13)14)4-9(16)15(8)5-6/h6-8H,2-5H2,1H3/t6-,7+,8-/m1/s1. The van der Waals surface area contributed by atoms with E-state index in [9.17, 15) is 22.8 Å². The predicted molar refractivity (Wildman–Crippen MR) is 54.4 cm³/mol. The van der Waals surface area contributed by atoms with Gasteiger partial charge in [-0.1, -0.05) is 0 Å². The van der Waals surface area contributed by atoms with Crippen LogP contribution in [0.1, 0.15) is 19.3 Å². The number of fused-ring (bicyclic) bond motifs is 1. The van der Waals surface area contributed by atoms with Crippen LogP contribution in [0.15, 0.2) is 0 Å². The SMILES string of the molecule is COC(=O)[C@@H]1CC[C@@H]2[C@@H](C(F)(F)F)CC(=O)N2C1. The second-order valence-electron chi connectivity index (χ2n) is 4.76. The normalized spacial score (nSPS) is 32.3. The van der Waals surface area contributed by atoms with E-state index < -0.39 is 42.4 Å². The molecule has 0 aromatic heterocycles. The van der Waals surface area contributed by atoms with Gasteiger partial charge in [0.2, 0.25) is 5.91 Å². The molecule has 0 aromatic rings. The van der Waals surface area contributed by atoms with Crippen molar-refractivity contribution >= 4 is 11.9 Å². The molecule has 0 saturated carbocycles. The van der Waals surface area contributed by atoms with Crippen LogP contribution >= 0.6 is 0 Å². The van der Waals surface area contributed by atoms with E-state index in [2.05, 4.69) is 4.74 Å². The van der Waals surface area contributed by atoms with Gasteiger partial charge in [0.15, 0.2) is 0 Å². The topological polar surface area (TPSA) is 46.6 Å². The van der Waals surface area contributed by atoms with Gasteiger partial charge in [0.05, 0.1) is 18.9 Å². The summed E-state index contributed by atoms with van der Waals surface area (Å²) in [6.45, 7) is 0.0444. The Morgan fingerprint density at radius 2 is 2.06 bits per heavy atom. The highest BCUT2D eigenvalue weighted by molar-refractivity contribution is 5.81. The Hall–Kier alpha value is -1.27. The van der Waals surface area contributed by atoms with Gasteiger partial charge in [-0.2, -0.15) is 13.2 Å². The second kappa shape index (κ2) is 4.44. The van der Waals surface area contributed by atoms with Crippen LogP contribution in [-0.4, -0.2) is 42.6 Å². The third-order valence-electron chi connectivity index (χ3n) is 3.76. The van der Waals surface area contributed by atoms with Gasteiger partial charge in [0.1, 0.15) is 0 Å². The molecule has 2 fully saturated rings. The predicted octanol–water partition coefficient (Wildman–Crippen LogP) is 1.35. The van der Waals surface area contributed by atoms with E-state index in [-0.39, 0.29) is 13.0 Å². The van der Waals surface area contributed by atoms with Crippen molar-refractivity contribution < 1.29 is 27.5 Å². The van der Waals surface area contributed by atoms with Gasteiger partial charge >= 0.3 is 12.1 Å². The third kappa shape index (κ3) is 2.18. The summed E-state index contributed by atoms with van der Waals surface area (Å²) in [5.41, 5.74) is 0. The summed E-state index contributed by atoms with van der Waals surface area (Å²) in [5, 5.41) is 0. The zero-order valence-electron chi connectivity index (χ0n) is 9.87. The molecule has 2 saturated heterocycles. The number of halogens is 3. The first-order valence-corrected chi connectivity index (χ1v) is 5.78. The molecule has 2 rings (SSSR count). The third-order valence-corrected chi connectivity index (χ3v) is 3.76. The molecule has 3 atom stereocenters. The molecule has 18 heavy (non-hydrogen) atoms. The molecular formula is C11H14F3NO3. The fourth-order valence-electron chi connectivity index (χ4n) is 2.83. The molecule has 2 heterocycles. The van der Waals surface area contributed by atoms with Crippen LogP contribution in [0.4, 0.5) is 13.2 Å². The van der Waals surface area contributed by atoms with Crippen molar-refractivity contribution in [1.29, 1.82) is 0 Å². The zero-order chi connectivity index (χ0) is 13.5. The smallest absolute Gasteiger partial charge is 0.394 e. The molecule has 7 heteroatoms. The number of amides is 1. The monoisotopic (exact) mass is 265 g/mol. The van der Waals surface area contributed by atoms with E-state index in [0.29, 0.717) is 6.42 Å². The van der Waals surface area contributed by atoms with Crippen LogP contribution in [0.5, 0.6) is 0 Å². The highest BCUT2D eigenvalue weighted by atomic mass is 19.4. The van der Waals surface area contributed by atoms with Gasteiger partial charge in [-0.05, 0) is 12.8 Å². The van der Waals surface area contributed by atoms with E-state index in [1.165, 1.54) is 12.0 Å². The number of alkyl halides is 3. The molecule has 2 aliphatic rings. The van der Waals surface area contributed by atoms with Crippen molar-refractivity contribution in [1.82, 2.24) is 4.90 Å². The molecule has 0 N–H and O–H groups in total. The van der Waals surface area contributed by atoms with Crippen molar-refractivity contribution in [2.24, 2.45) is 11.8 Å². The Kier molecular flexibility index (Phi) is 3.25. The van der Waals surface area contributed by atoms with Crippen LogP contribution in [-0.2, 0) is 14.3 Å². The Morgan fingerprint density at radius 3 is 2.61 bits per heavy atom. The number of nitrogens with zero attached hydrogens (tertiary/aromatic N) is 1. The van der Waals surface area contributed by atoms with E-state index >= 15 is 0 Å². The summed E-state index contributed by atoms with van der Waals surface area (Å²) in [6, 6.07) is -0.807. The average Bonchev–Trinajstić information content (AvgIpc) is 2.65. The van der Waals surface area contributed by atoms with E-state index in [0.717, 1.165) is 0 Å². The molecule has 102 valence electrons. The summed E-state index contributed by atoms with van der Waals surface area (Å²) >= 11 is 0. The number of methoxy groups -OCH3 is 1. The Morgan fingerprint density at radius 1 is 1.39 bits per heavy atom. The van der Waals surface area contributed by atoms with Gasteiger partial charge in [0.25, 0.3) is 0 Å². The van der Waals surface area contributed by atoms with Crippen LogP contribution in [0.3, 0.4) is 0 Å². The summed E-state index contributed by atoms with van der Waals surface area (Å²) in [5.74, 6) is -3.07. The Balaban J connectivity index is 2.11.